The number of benzene rings is 2. The summed E-state index contributed by atoms with van der Waals surface area (Å²) < 4.78 is 10.4. The number of carbonyl (C=O) groups excluding carboxylic acids is 2. The summed E-state index contributed by atoms with van der Waals surface area (Å²) in [5.41, 5.74) is 7.17. The molecule has 0 unspecified atom stereocenters. The topological polar surface area (TPSA) is 78.6 Å². The van der Waals surface area contributed by atoms with Gasteiger partial charge in [-0.05, 0) is 42.8 Å². The molecule has 0 saturated carbocycles. The highest BCUT2D eigenvalue weighted by molar-refractivity contribution is 6.11. The van der Waals surface area contributed by atoms with Crippen LogP contribution in [-0.4, -0.2) is 25.9 Å². The second-order valence-corrected chi connectivity index (χ2v) is 4.79. The highest BCUT2D eigenvalue weighted by Crippen LogP contribution is 2.27. The van der Waals surface area contributed by atoms with Gasteiger partial charge in [-0.3, -0.25) is 9.59 Å². The highest BCUT2D eigenvalue weighted by atomic mass is 16.5. The molecule has 2 aromatic carbocycles. The Morgan fingerprint density at radius 2 is 1.68 bits per heavy atom. The summed E-state index contributed by atoms with van der Waals surface area (Å²) in [7, 11) is 3.03. The monoisotopic (exact) mass is 299 g/mol. The number of methoxy groups -OCH3 is 2. The molecule has 1 amide bonds. The number of primary amides is 1. The minimum atomic E-state index is -0.518. The Bertz CT molecular complexity index is 737. The zero-order valence-electron chi connectivity index (χ0n) is 12.7. The number of rotatable bonds is 5. The van der Waals surface area contributed by atoms with Crippen molar-refractivity contribution in [3.8, 4) is 11.5 Å². The molecule has 0 fully saturated rings. The molecule has 0 spiro atoms. The Hall–Kier alpha value is -2.82. The molecule has 0 atom stereocenters. The number of ketones is 1. The molecule has 2 aromatic rings. The number of amides is 1. The van der Waals surface area contributed by atoms with Crippen LogP contribution in [0.2, 0.25) is 0 Å². The number of carbonyl (C=O) groups is 2. The number of aryl methyl sites for hydroxylation is 1. The van der Waals surface area contributed by atoms with E-state index in [0.717, 1.165) is 0 Å². The molecule has 5 heteroatoms. The van der Waals surface area contributed by atoms with Crippen LogP contribution in [0.3, 0.4) is 0 Å². The lowest BCUT2D eigenvalue weighted by molar-refractivity contribution is 0.0995. The van der Waals surface area contributed by atoms with Crippen LogP contribution in [0.1, 0.15) is 31.8 Å². The Labute approximate surface area is 128 Å². The molecular formula is C17H17NO4. The third-order valence-corrected chi connectivity index (χ3v) is 3.41. The van der Waals surface area contributed by atoms with Crippen LogP contribution >= 0.6 is 0 Å². The average Bonchev–Trinajstić information content (AvgIpc) is 2.53. The van der Waals surface area contributed by atoms with Crippen molar-refractivity contribution in [2.24, 2.45) is 5.73 Å². The smallest absolute Gasteiger partial charge is 0.248 e. The zero-order chi connectivity index (χ0) is 16.3. The lowest BCUT2D eigenvalue weighted by Gasteiger charge is -2.11. The molecule has 0 aliphatic rings. The average molecular weight is 299 g/mol. The number of ether oxygens (including phenoxy) is 2. The summed E-state index contributed by atoms with van der Waals surface area (Å²) in [5.74, 6) is 0.294. The predicted octanol–water partition coefficient (Wildman–Crippen LogP) is 2.34. The van der Waals surface area contributed by atoms with Crippen LogP contribution in [-0.2, 0) is 0 Å². The Morgan fingerprint density at radius 3 is 2.23 bits per heavy atom. The van der Waals surface area contributed by atoms with Crippen molar-refractivity contribution in [2.75, 3.05) is 14.2 Å². The van der Waals surface area contributed by atoms with Gasteiger partial charge in [0.1, 0.15) is 11.5 Å². The van der Waals surface area contributed by atoms with E-state index in [4.69, 9.17) is 15.2 Å². The molecule has 5 nitrogen and oxygen atoms in total. The summed E-state index contributed by atoms with van der Waals surface area (Å²) in [6.07, 6.45) is 0. The van der Waals surface area contributed by atoms with Crippen LogP contribution in [0.15, 0.2) is 36.4 Å². The molecule has 22 heavy (non-hydrogen) atoms. The lowest BCUT2D eigenvalue weighted by Crippen LogP contribution is -2.13. The van der Waals surface area contributed by atoms with E-state index >= 15 is 0 Å². The first-order valence-electron chi connectivity index (χ1n) is 6.65. The quantitative estimate of drug-likeness (QED) is 0.859. The number of hydrogen-bond donors (Lipinski definition) is 1. The van der Waals surface area contributed by atoms with Gasteiger partial charge in [0.25, 0.3) is 0 Å². The zero-order valence-corrected chi connectivity index (χ0v) is 12.7. The minimum absolute atomic E-state index is 0.213. The molecular weight excluding hydrogens is 282 g/mol. The van der Waals surface area contributed by atoms with E-state index in [1.54, 1.807) is 43.3 Å². The first kappa shape index (κ1) is 15.6. The minimum Gasteiger partial charge on any atom is -0.497 e. The van der Waals surface area contributed by atoms with E-state index in [2.05, 4.69) is 0 Å². The van der Waals surface area contributed by atoms with Crippen LogP contribution in [0.4, 0.5) is 0 Å². The van der Waals surface area contributed by atoms with Crippen LogP contribution in [0.25, 0.3) is 0 Å². The molecule has 0 radical (unpaired) electrons. The molecule has 0 bridgehead atoms. The van der Waals surface area contributed by atoms with Crippen molar-refractivity contribution >= 4 is 11.7 Å². The number of nitrogens with two attached hydrogens (primary N) is 1. The van der Waals surface area contributed by atoms with Crippen molar-refractivity contribution in [3.05, 3.63) is 58.7 Å². The fourth-order valence-electron chi connectivity index (χ4n) is 2.23. The van der Waals surface area contributed by atoms with E-state index < -0.39 is 5.91 Å². The third kappa shape index (κ3) is 2.93. The highest BCUT2D eigenvalue weighted by Gasteiger charge is 2.17. The fraction of sp³-hybridized carbons (Fsp3) is 0.176. The van der Waals surface area contributed by atoms with E-state index in [1.165, 1.54) is 14.2 Å². The normalized spacial score (nSPS) is 10.1. The largest absolute Gasteiger partial charge is 0.497 e. The third-order valence-electron chi connectivity index (χ3n) is 3.41. The maximum Gasteiger partial charge on any atom is 0.248 e. The van der Waals surface area contributed by atoms with Gasteiger partial charge in [-0.15, -0.1) is 0 Å². The molecule has 114 valence electrons. The van der Waals surface area contributed by atoms with Gasteiger partial charge in [0.2, 0.25) is 5.91 Å². The summed E-state index contributed by atoms with van der Waals surface area (Å²) in [6.45, 7) is 1.74. The van der Waals surface area contributed by atoms with Gasteiger partial charge in [-0.2, -0.15) is 0 Å². The van der Waals surface area contributed by atoms with E-state index in [1.807, 2.05) is 0 Å². The van der Waals surface area contributed by atoms with E-state index in [9.17, 15) is 9.59 Å². The Morgan fingerprint density at radius 1 is 0.955 bits per heavy atom. The predicted molar refractivity (Wildman–Crippen MR) is 82.7 cm³/mol. The number of hydrogen-bond acceptors (Lipinski definition) is 4. The van der Waals surface area contributed by atoms with Crippen molar-refractivity contribution in [2.45, 2.75) is 6.92 Å². The molecule has 2 rings (SSSR count). The molecule has 0 saturated heterocycles. The van der Waals surface area contributed by atoms with Gasteiger partial charge < -0.3 is 15.2 Å². The van der Waals surface area contributed by atoms with Gasteiger partial charge in [0.15, 0.2) is 5.78 Å². The SMILES string of the molecule is COc1ccc(OC)c(C(=O)c2ccc(C(N)=O)c(C)c2)c1. The molecule has 0 aliphatic carbocycles. The van der Waals surface area contributed by atoms with Gasteiger partial charge >= 0.3 is 0 Å². The lowest BCUT2D eigenvalue weighted by atomic mass is 9.98. The van der Waals surface area contributed by atoms with Gasteiger partial charge in [-0.25, -0.2) is 0 Å². The Kier molecular flexibility index (Phi) is 4.46. The van der Waals surface area contributed by atoms with Gasteiger partial charge in [-0.1, -0.05) is 6.07 Å². The van der Waals surface area contributed by atoms with E-state index in [-0.39, 0.29) is 5.78 Å². The van der Waals surface area contributed by atoms with Crippen molar-refractivity contribution < 1.29 is 19.1 Å². The Balaban J connectivity index is 2.48. The van der Waals surface area contributed by atoms with Crippen molar-refractivity contribution in [1.82, 2.24) is 0 Å². The molecule has 0 aliphatic heterocycles. The second kappa shape index (κ2) is 6.30. The summed E-state index contributed by atoms with van der Waals surface area (Å²) in [5, 5.41) is 0. The maximum atomic E-state index is 12.7. The molecule has 0 heterocycles. The van der Waals surface area contributed by atoms with Gasteiger partial charge in [0.05, 0.1) is 19.8 Å². The molecule has 0 aromatic heterocycles. The first-order chi connectivity index (χ1) is 10.5. The molecule has 2 N–H and O–H groups in total. The van der Waals surface area contributed by atoms with Crippen molar-refractivity contribution in [1.29, 1.82) is 0 Å². The van der Waals surface area contributed by atoms with Crippen LogP contribution in [0.5, 0.6) is 11.5 Å². The van der Waals surface area contributed by atoms with Crippen molar-refractivity contribution in [3.63, 3.8) is 0 Å². The summed E-state index contributed by atoms with van der Waals surface area (Å²) in [6, 6.07) is 9.79. The first-order valence-corrected chi connectivity index (χ1v) is 6.65. The maximum absolute atomic E-state index is 12.7. The standard InChI is InChI=1S/C17H17NO4/c1-10-8-11(4-6-13(10)17(18)20)16(19)14-9-12(21-2)5-7-15(14)22-3/h4-9H,1-3H3,(H2,18,20). The fourth-order valence-corrected chi connectivity index (χ4v) is 2.23. The second-order valence-electron chi connectivity index (χ2n) is 4.79. The summed E-state index contributed by atoms with van der Waals surface area (Å²) >= 11 is 0. The van der Waals surface area contributed by atoms with Crippen LogP contribution < -0.4 is 15.2 Å². The summed E-state index contributed by atoms with van der Waals surface area (Å²) in [4.78, 5) is 23.9. The van der Waals surface area contributed by atoms with E-state index in [0.29, 0.717) is 33.8 Å². The van der Waals surface area contributed by atoms with Gasteiger partial charge in [0, 0.05) is 11.1 Å². The van der Waals surface area contributed by atoms with Crippen LogP contribution in [0, 0.1) is 6.92 Å².